The van der Waals surface area contributed by atoms with Crippen molar-refractivity contribution in [1.82, 2.24) is 10.6 Å². The molecule has 2 saturated heterocycles. The van der Waals surface area contributed by atoms with Gasteiger partial charge in [0.2, 0.25) is 0 Å². The van der Waals surface area contributed by atoms with Gasteiger partial charge in [0.15, 0.2) is 6.10 Å². The maximum atomic E-state index is 12.5. The molecule has 0 aromatic heterocycles. The second-order valence-electron chi connectivity index (χ2n) is 6.60. The Morgan fingerprint density at radius 1 is 1.30 bits per heavy atom. The molecule has 2 bridgehead atoms. The van der Waals surface area contributed by atoms with Crippen LogP contribution in [-0.4, -0.2) is 30.1 Å². The molecule has 1 amide bonds. The number of benzene rings is 1. The van der Waals surface area contributed by atoms with E-state index in [1.165, 1.54) is 12.8 Å². The van der Waals surface area contributed by atoms with Crippen LogP contribution in [-0.2, 0) is 4.79 Å². The standard InChI is InChI=1S/C18H26N2O2.ClH/c1-3-16(22-17-7-5-4-6-12(17)2)18(21)20-15-10-13-8-9-14(11-15)19-13;/h4-7,13-16,19H,3,8-11H2,1-2H3,(H,20,21);1H. The van der Waals surface area contributed by atoms with E-state index in [0.717, 1.165) is 24.2 Å². The molecule has 3 rings (SSSR count). The van der Waals surface area contributed by atoms with Crippen LogP contribution in [0, 0.1) is 6.92 Å². The second kappa shape index (κ2) is 8.02. The van der Waals surface area contributed by atoms with E-state index in [4.69, 9.17) is 4.74 Å². The smallest absolute Gasteiger partial charge is 0.261 e. The average Bonchev–Trinajstić information content (AvgIpc) is 2.85. The number of fused-ring (bicyclic) bond motifs is 2. The van der Waals surface area contributed by atoms with Crippen molar-refractivity contribution < 1.29 is 9.53 Å². The predicted molar refractivity (Wildman–Crippen MR) is 94.2 cm³/mol. The predicted octanol–water partition coefficient (Wildman–Crippen LogP) is 2.97. The minimum atomic E-state index is -0.409. The molecule has 4 nitrogen and oxygen atoms in total. The topological polar surface area (TPSA) is 50.4 Å². The first-order valence-electron chi connectivity index (χ1n) is 8.44. The van der Waals surface area contributed by atoms with Crippen molar-refractivity contribution in [2.45, 2.75) is 70.2 Å². The highest BCUT2D eigenvalue weighted by molar-refractivity contribution is 5.85. The summed E-state index contributed by atoms with van der Waals surface area (Å²) in [4.78, 5) is 12.5. The Morgan fingerprint density at radius 3 is 2.57 bits per heavy atom. The fourth-order valence-corrected chi connectivity index (χ4v) is 3.63. The van der Waals surface area contributed by atoms with Crippen LogP contribution in [0.5, 0.6) is 5.75 Å². The van der Waals surface area contributed by atoms with Crippen molar-refractivity contribution in [3.63, 3.8) is 0 Å². The lowest BCUT2D eigenvalue weighted by Gasteiger charge is -2.31. The molecule has 1 aromatic carbocycles. The number of ether oxygens (including phenoxy) is 1. The molecule has 0 saturated carbocycles. The molecule has 0 spiro atoms. The molecule has 128 valence electrons. The molecule has 1 aromatic rings. The van der Waals surface area contributed by atoms with Gasteiger partial charge in [0.05, 0.1) is 0 Å². The van der Waals surface area contributed by atoms with Gasteiger partial charge in [-0.2, -0.15) is 0 Å². The molecule has 2 aliphatic rings. The van der Waals surface area contributed by atoms with Crippen LogP contribution >= 0.6 is 12.4 Å². The Labute approximate surface area is 144 Å². The second-order valence-corrected chi connectivity index (χ2v) is 6.60. The van der Waals surface area contributed by atoms with Gasteiger partial charge >= 0.3 is 0 Å². The maximum absolute atomic E-state index is 12.5. The van der Waals surface area contributed by atoms with E-state index in [-0.39, 0.29) is 18.3 Å². The van der Waals surface area contributed by atoms with Crippen LogP contribution < -0.4 is 15.4 Å². The molecular formula is C18H27ClN2O2. The Balaban J connectivity index is 0.00000192. The Morgan fingerprint density at radius 2 is 1.96 bits per heavy atom. The summed E-state index contributed by atoms with van der Waals surface area (Å²) < 4.78 is 5.94. The van der Waals surface area contributed by atoms with E-state index in [2.05, 4.69) is 10.6 Å². The Hall–Kier alpha value is -1.26. The van der Waals surface area contributed by atoms with Gasteiger partial charge in [-0.05, 0) is 50.7 Å². The van der Waals surface area contributed by atoms with E-state index in [1.807, 2.05) is 38.1 Å². The number of halogens is 1. The fraction of sp³-hybridized carbons (Fsp3) is 0.611. The van der Waals surface area contributed by atoms with Gasteiger partial charge in [-0.25, -0.2) is 0 Å². The summed E-state index contributed by atoms with van der Waals surface area (Å²) >= 11 is 0. The van der Waals surface area contributed by atoms with E-state index < -0.39 is 6.10 Å². The highest BCUT2D eigenvalue weighted by Gasteiger charge is 2.35. The lowest BCUT2D eigenvalue weighted by molar-refractivity contribution is -0.129. The number of nitrogens with one attached hydrogen (secondary N) is 2. The number of carbonyl (C=O) groups excluding carboxylic acids is 1. The number of para-hydroxylation sites is 1. The van der Waals surface area contributed by atoms with E-state index in [0.29, 0.717) is 24.5 Å². The monoisotopic (exact) mass is 338 g/mol. The molecular weight excluding hydrogens is 312 g/mol. The summed E-state index contributed by atoms with van der Waals surface area (Å²) in [6.07, 6.45) is 4.85. The Bertz CT molecular complexity index is 526. The third kappa shape index (κ3) is 4.39. The third-order valence-corrected chi connectivity index (χ3v) is 4.85. The van der Waals surface area contributed by atoms with Crippen LogP contribution in [0.2, 0.25) is 0 Å². The van der Waals surface area contributed by atoms with E-state index in [1.54, 1.807) is 0 Å². The highest BCUT2D eigenvalue weighted by atomic mass is 35.5. The summed E-state index contributed by atoms with van der Waals surface area (Å²) in [7, 11) is 0. The normalized spacial score (nSPS) is 27.0. The van der Waals surface area contributed by atoms with Gasteiger partial charge in [-0.3, -0.25) is 4.79 Å². The van der Waals surface area contributed by atoms with Gasteiger partial charge in [-0.1, -0.05) is 25.1 Å². The fourth-order valence-electron chi connectivity index (χ4n) is 3.63. The number of hydrogen-bond acceptors (Lipinski definition) is 3. The number of amides is 1. The highest BCUT2D eigenvalue weighted by Crippen LogP contribution is 2.27. The molecule has 5 heteroatoms. The zero-order valence-electron chi connectivity index (χ0n) is 13.9. The molecule has 2 N–H and O–H groups in total. The van der Waals surface area contributed by atoms with Crippen molar-refractivity contribution in [1.29, 1.82) is 0 Å². The van der Waals surface area contributed by atoms with Gasteiger partial charge < -0.3 is 15.4 Å². The van der Waals surface area contributed by atoms with Crippen molar-refractivity contribution in [2.24, 2.45) is 0 Å². The first-order chi connectivity index (χ1) is 10.7. The van der Waals surface area contributed by atoms with Gasteiger partial charge in [0, 0.05) is 18.1 Å². The molecule has 0 radical (unpaired) electrons. The summed E-state index contributed by atoms with van der Waals surface area (Å²) in [6.45, 7) is 4.00. The third-order valence-electron chi connectivity index (χ3n) is 4.85. The minimum absolute atomic E-state index is 0. The average molecular weight is 339 g/mol. The molecule has 3 atom stereocenters. The van der Waals surface area contributed by atoms with Gasteiger partial charge in [0.25, 0.3) is 5.91 Å². The number of hydrogen-bond donors (Lipinski definition) is 2. The maximum Gasteiger partial charge on any atom is 0.261 e. The molecule has 0 aliphatic carbocycles. The summed E-state index contributed by atoms with van der Waals surface area (Å²) in [6, 6.07) is 9.31. The van der Waals surface area contributed by atoms with Gasteiger partial charge in [0.1, 0.15) is 5.75 Å². The largest absolute Gasteiger partial charge is 0.480 e. The number of carbonyl (C=O) groups is 1. The van der Waals surface area contributed by atoms with Crippen molar-refractivity contribution in [3.05, 3.63) is 29.8 Å². The SMILES string of the molecule is CCC(Oc1ccccc1C)C(=O)NC1CC2CCC(C1)N2.Cl. The van der Waals surface area contributed by atoms with Crippen molar-refractivity contribution >= 4 is 18.3 Å². The van der Waals surface area contributed by atoms with Crippen LogP contribution in [0.25, 0.3) is 0 Å². The van der Waals surface area contributed by atoms with Crippen LogP contribution in [0.4, 0.5) is 0 Å². The number of rotatable bonds is 5. The minimum Gasteiger partial charge on any atom is -0.480 e. The lowest BCUT2D eigenvalue weighted by atomic mass is 9.99. The number of aryl methyl sites for hydroxylation is 1. The van der Waals surface area contributed by atoms with E-state index in [9.17, 15) is 4.79 Å². The molecule has 3 unspecified atom stereocenters. The first kappa shape index (κ1) is 18.1. The summed E-state index contributed by atoms with van der Waals surface area (Å²) in [5.41, 5.74) is 1.06. The summed E-state index contributed by atoms with van der Waals surface area (Å²) in [5.74, 6) is 0.826. The Kier molecular flexibility index (Phi) is 6.31. The van der Waals surface area contributed by atoms with E-state index >= 15 is 0 Å². The molecule has 2 fully saturated rings. The molecule has 2 heterocycles. The lowest BCUT2D eigenvalue weighted by Crippen LogP contribution is -2.51. The molecule has 23 heavy (non-hydrogen) atoms. The van der Waals surface area contributed by atoms with Crippen molar-refractivity contribution in [2.75, 3.05) is 0 Å². The first-order valence-corrected chi connectivity index (χ1v) is 8.44. The van der Waals surface area contributed by atoms with Crippen LogP contribution in [0.1, 0.15) is 44.6 Å². The summed E-state index contributed by atoms with van der Waals surface area (Å²) in [5, 5.41) is 6.81. The zero-order chi connectivity index (χ0) is 15.5. The quantitative estimate of drug-likeness (QED) is 0.867. The zero-order valence-corrected chi connectivity index (χ0v) is 14.7. The van der Waals surface area contributed by atoms with Crippen molar-refractivity contribution in [3.8, 4) is 5.75 Å². The van der Waals surface area contributed by atoms with Gasteiger partial charge in [-0.15, -0.1) is 12.4 Å². The molecule has 2 aliphatic heterocycles. The van der Waals surface area contributed by atoms with Crippen LogP contribution in [0.3, 0.4) is 0 Å². The number of piperidine rings is 1. The van der Waals surface area contributed by atoms with Crippen LogP contribution in [0.15, 0.2) is 24.3 Å².